The summed E-state index contributed by atoms with van der Waals surface area (Å²) in [6.07, 6.45) is 4.61. The highest BCUT2D eigenvalue weighted by Gasteiger charge is 2.35. The van der Waals surface area contributed by atoms with Gasteiger partial charge in [0, 0.05) is 50.2 Å². The molecule has 1 fully saturated rings. The van der Waals surface area contributed by atoms with E-state index in [1.54, 1.807) is 19.5 Å². The zero-order chi connectivity index (χ0) is 23.5. The minimum Gasteiger partial charge on any atom is -0.496 e. The molecule has 2 bridgehead atoms. The molecule has 5 rings (SSSR count). The minimum absolute atomic E-state index is 0.0761. The number of methoxy groups -OCH3 is 1. The first-order valence-electron chi connectivity index (χ1n) is 11.1. The molecule has 2 aliphatic heterocycles. The van der Waals surface area contributed by atoms with E-state index in [0.717, 1.165) is 38.3 Å². The van der Waals surface area contributed by atoms with E-state index in [2.05, 4.69) is 46.9 Å². The number of rotatable bonds is 4. The monoisotopic (exact) mass is 450 g/mol. The topological polar surface area (TPSA) is 100 Å². The van der Waals surface area contributed by atoms with Crippen LogP contribution in [0.5, 0.6) is 5.75 Å². The standard InChI is InChI=1S/C24H28N4O2.CH2O2/c1-15-9-22(30-3)16(2)8-18(15)13-27-11-17-10-19(14-27)21-5-4-20(23-25-6-7-26-23)24(29)28(21)12-17;2-1-3/h4-9,17,19H,10-14H2,1-3H3,(H,25,26);1H,(H,2,3)/t17-,19+;/m0./s1. The molecule has 1 saturated heterocycles. The number of likely N-dealkylation sites (tertiary alicyclic amines) is 1. The molecule has 1 aromatic carbocycles. The van der Waals surface area contributed by atoms with Crippen molar-refractivity contribution in [3.63, 3.8) is 0 Å². The predicted octanol–water partition coefficient (Wildman–Crippen LogP) is 3.18. The maximum atomic E-state index is 13.1. The summed E-state index contributed by atoms with van der Waals surface area (Å²) in [5.41, 5.74) is 5.71. The number of aryl methyl sites for hydroxylation is 2. The lowest BCUT2D eigenvalue weighted by Gasteiger charge is -2.43. The predicted molar refractivity (Wildman–Crippen MR) is 126 cm³/mol. The van der Waals surface area contributed by atoms with Gasteiger partial charge in [-0.3, -0.25) is 14.5 Å². The van der Waals surface area contributed by atoms with Crippen LogP contribution in [0.15, 0.2) is 41.5 Å². The SMILES string of the molecule is COc1cc(C)c(CN2C[C@@H]3C[C@H](C2)c2ccc(-c4ncc[nH]4)c(=O)n2C3)cc1C.O=CO. The summed E-state index contributed by atoms with van der Waals surface area (Å²) in [5, 5.41) is 6.89. The van der Waals surface area contributed by atoms with Gasteiger partial charge >= 0.3 is 0 Å². The second-order valence-electron chi connectivity index (χ2n) is 8.87. The van der Waals surface area contributed by atoms with Crippen molar-refractivity contribution in [1.82, 2.24) is 19.4 Å². The van der Waals surface area contributed by atoms with Crippen molar-refractivity contribution in [1.29, 1.82) is 0 Å². The number of nitrogens with one attached hydrogen (secondary N) is 1. The number of aromatic nitrogens is 3. The molecule has 0 unspecified atom stereocenters. The number of fused-ring (bicyclic) bond motifs is 4. The van der Waals surface area contributed by atoms with Crippen LogP contribution in [0.1, 0.15) is 34.7 Å². The lowest BCUT2D eigenvalue weighted by Crippen LogP contribution is -2.47. The molecule has 2 N–H and O–H groups in total. The molecule has 3 aromatic rings. The first-order valence-corrected chi connectivity index (χ1v) is 11.1. The molecule has 4 heterocycles. The summed E-state index contributed by atoms with van der Waals surface area (Å²) in [7, 11) is 1.73. The van der Waals surface area contributed by atoms with Crippen molar-refractivity contribution in [2.24, 2.45) is 5.92 Å². The molecule has 174 valence electrons. The normalized spacial score (nSPS) is 19.2. The third-order valence-corrected chi connectivity index (χ3v) is 6.68. The highest BCUT2D eigenvalue weighted by atomic mass is 16.5. The van der Waals surface area contributed by atoms with Crippen molar-refractivity contribution < 1.29 is 14.6 Å². The lowest BCUT2D eigenvalue weighted by molar-refractivity contribution is -0.122. The van der Waals surface area contributed by atoms with Crippen molar-refractivity contribution in [2.75, 3.05) is 20.2 Å². The fourth-order valence-electron chi connectivity index (χ4n) is 5.25. The van der Waals surface area contributed by atoms with Gasteiger partial charge in [-0.2, -0.15) is 0 Å². The van der Waals surface area contributed by atoms with Crippen LogP contribution >= 0.6 is 0 Å². The Labute approximate surface area is 192 Å². The molecule has 2 aromatic heterocycles. The Morgan fingerprint density at radius 2 is 2.00 bits per heavy atom. The van der Waals surface area contributed by atoms with Crippen molar-refractivity contribution in [3.05, 3.63) is 69.4 Å². The van der Waals surface area contributed by atoms with Gasteiger partial charge in [-0.1, -0.05) is 6.07 Å². The summed E-state index contributed by atoms with van der Waals surface area (Å²) >= 11 is 0. The number of imidazole rings is 1. The number of aromatic amines is 1. The molecule has 0 saturated carbocycles. The third-order valence-electron chi connectivity index (χ3n) is 6.68. The van der Waals surface area contributed by atoms with Crippen LogP contribution in [0.25, 0.3) is 11.4 Å². The number of hydrogen-bond donors (Lipinski definition) is 2. The minimum atomic E-state index is -0.250. The smallest absolute Gasteiger partial charge is 0.290 e. The third kappa shape index (κ3) is 4.57. The fourth-order valence-corrected chi connectivity index (χ4v) is 5.25. The second-order valence-corrected chi connectivity index (χ2v) is 8.87. The van der Waals surface area contributed by atoms with Gasteiger partial charge in [0.2, 0.25) is 0 Å². The van der Waals surface area contributed by atoms with E-state index >= 15 is 0 Å². The van der Waals surface area contributed by atoms with Gasteiger partial charge < -0.3 is 19.4 Å². The van der Waals surface area contributed by atoms with E-state index in [9.17, 15) is 4.79 Å². The number of hydrogen-bond acceptors (Lipinski definition) is 5. The molecule has 0 spiro atoms. The Balaban J connectivity index is 0.000000821. The van der Waals surface area contributed by atoms with Gasteiger partial charge in [-0.15, -0.1) is 0 Å². The molecule has 0 amide bonds. The average molecular weight is 451 g/mol. The summed E-state index contributed by atoms with van der Waals surface area (Å²) in [6.45, 7) is 7.76. The molecular formula is C25H30N4O4. The second kappa shape index (κ2) is 9.62. The summed E-state index contributed by atoms with van der Waals surface area (Å²) in [5.74, 6) is 2.50. The largest absolute Gasteiger partial charge is 0.496 e. The van der Waals surface area contributed by atoms with Crippen LogP contribution < -0.4 is 10.3 Å². The van der Waals surface area contributed by atoms with Crippen LogP contribution in [0.3, 0.4) is 0 Å². The molecular weight excluding hydrogens is 420 g/mol. The van der Waals surface area contributed by atoms with E-state index in [1.165, 1.54) is 22.4 Å². The van der Waals surface area contributed by atoms with Crippen LogP contribution in [-0.2, 0) is 17.9 Å². The zero-order valence-corrected chi connectivity index (χ0v) is 19.2. The Morgan fingerprint density at radius 1 is 1.21 bits per heavy atom. The van der Waals surface area contributed by atoms with Crippen molar-refractivity contribution in [3.8, 4) is 17.1 Å². The Hall–Kier alpha value is -3.39. The van der Waals surface area contributed by atoms with Crippen LogP contribution in [-0.4, -0.2) is 51.2 Å². The van der Waals surface area contributed by atoms with Gasteiger partial charge in [-0.25, -0.2) is 4.98 Å². The van der Waals surface area contributed by atoms with Crippen molar-refractivity contribution in [2.45, 2.75) is 39.3 Å². The Bertz CT molecular complexity index is 1190. The first kappa shape index (κ1) is 22.8. The van der Waals surface area contributed by atoms with Gasteiger partial charge in [-0.05, 0) is 61.1 Å². The van der Waals surface area contributed by atoms with Gasteiger partial charge in [0.1, 0.15) is 11.6 Å². The van der Waals surface area contributed by atoms with Gasteiger partial charge in [0.05, 0.1) is 12.7 Å². The molecule has 0 aliphatic carbocycles. The van der Waals surface area contributed by atoms with Crippen LogP contribution in [0.2, 0.25) is 0 Å². The highest BCUT2D eigenvalue weighted by Crippen LogP contribution is 2.36. The van der Waals surface area contributed by atoms with E-state index < -0.39 is 0 Å². The number of benzene rings is 1. The Kier molecular flexibility index (Phi) is 6.65. The average Bonchev–Trinajstić information content (AvgIpc) is 3.32. The zero-order valence-electron chi connectivity index (χ0n) is 19.2. The summed E-state index contributed by atoms with van der Waals surface area (Å²) in [6, 6.07) is 8.46. The number of H-pyrrole nitrogens is 1. The number of nitrogens with zero attached hydrogens (tertiary/aromatic N) is 3. The highest BCUT2D eigenvalue weighted by molar-refractivity contribution is 5.53. The quantitative estimate of drug-likeness (QED) is 0.592. The molecule has 2 aliphatic rings. The van der Waals surface area contributed by atoms with Crippen LogP contribution in [0, 0.1) is 19.8 Å². The Morgan fingerprint density at radius 3 is 2.70 bits per heavy atom. The van der Waals surface area contributed by atoms with E-state index in [1.807, 2.05) is 10.6 Å². The maximum absolute atomic E-state index is 13.1. The first-order chi connectivity index (χ1) is 15.9. The molecule has 0 radical (unpaired) electrons. The molecule has 8 nitrogen and oxygen atoms in total. The van der Waals surface area contributed by atoms with Gasteiger partial charge in [0.15, 0.2) is 0 Å². The number of carbonyl (C=O) groups is 1. The molecule has 2 atom stereocenters. The van der Waals surface area contributed by atoms with E-state index in [4.69, 9.17) is 14.6 Å². The van der Waals surface area contributed by atoms with Gasteiger partial charge in [0.25, 0.3) is 12.0 Å². The van der Waals surface area contributed by atoms with E-state index in [0.29, 0.717) is 23.2 Å². The number of carboxylic acid groups (broad SMARTS) is 1. The van der Waals surface area contributed by atoms with E-state index in [-0.39, 0.29) is 12.0 Å². The summed E-state index contributed by atoms with van der Waals surface area (Å²) in [4.78, 5) is 31.4. The number of pyridine rings is 1. The summed E-state index contributed by atoms with van der Waals surface area (Å²) < 4.78 is 7.46. The number of piperidine rings is 1. The number of ether oxygens (including phenoxy) is 1. The fraction of sp³-hybridized carbons (Fsp3) is 0.400. The van der Waals surface area contributed by atoms with Crippen molar-refractivity contribution >= 4 is 6.47 Å². The molecule has 33 heavy (non-hydrogen) atoms. The molecule has 8 heteroatoms. The lowest BCUT2D eigenvalue weighted by atomic mass is 9.82. The maximum Gasteiger partial charge on any atom is 0.290 e. The van der Waals surface area contributed by atoms with Crippen LogP contribution in [0.4, 0.5) is 0 Å².